The number of benzene rings is 1. The summed E-state index contributed by atoms with van der Waals surface area (Å²) < 4.78 is 0. The van der Waals surface area contributed by atoms with E-state index in [1.807, 2.05) is 12.1 Å². The zero-order valence-corrected chi connectivity index (χ0v) is 13.9. The Balaban J connectivity index is 1.64. The van der Waals surface area contributed by atoms with Crippen LogP contribution in [0.2, 0.25) is 0 Å². The summed E-state index contributed by atoms with van der Waals surface area (Å²) in [6.07, 6.45) is 1.63. The van der Waals surface area contributed by atoms with Gasteiger partial charge < -0.3 is 4.90 Å². The van der Waals surface area contributed by atoms with E-state index in [4.69, 9.17) is 0 Å². The highest BCUT2D eigenvalue weighted by Gasteiger charge is 2.36. The maximum absolute atomic E-state index is 12.1. The number of hydrogen-bond donors (Lipinski definition) is 1. The third kappa shape index (κ3) is 2.35. The fraction of sp³-hybridized carbons (Fsp3) is 0.500. The molecule has 1 aliphatic carbocycles. The van der Waals surface area contributed by atoms with Gasteiger partial charge in [0.15, 0.2) is 11.6 Å². The van der Waals surface area contributed by atoms with Gasteiger partial charge in [0.05, 0.1) is 6.54 Å². The van der Waals surface area contributed by atoms with Crippen molar-refractivity contribution in [2.45, 2.75) is 51.5 Å². The molecule has 1 aromatic heterocycles. The van der Waals surface area contributed by atoms with Crippen molar-refractivity contribution in [1.82, 2.24) is 15.2 Å². The van der Waals surface area contributed by atoms with Crippen LogP contribution in [0.5, 0.6) is 0 Å². The summed E-state index contributed by atoms with van der Waals surface area (Å²) in [4.78, 5) is 19.1. The number of hydrogen-bond acceptors (Lipinski definition) is 4. The van der Waals surface area contributed by atoms with Crippen LogP contribution in [0.3, 0.4) is 0 Å². The Kier molecular flexibility index (Phi) is 3.08. The molecular formula is C18H22N4O. The molecule has 1 N–H and O–H groups in total. The number of H-pyrrole nitrogens is 1. The number of nitrogens with zero attached hydrogens (tertiary/aromatic N) is 3. The van der Waals surface area contributed by atoms with E-state index in [1.165, 1.54) is 11.3 Å². The van der Waals surface area contributed by atoms with E-state index in [-0.39, 0.29) is 11.2 Å². The summed E-state index contributed by atoms with van der Waals surface area (Å²) in [5.74, 6) is 2.49. The third-order valence-corrected chi connectivity index (χ3v) is 4.84. The van der Waals surface area contributed by atoms with Gasteiger partial charge in [0, 0.05) is 35.5 Å². The lowest BCUT2D eigenvalue weighted by Crippen LogP contribution is -2.22. The lowest BCUT2D eigenvalue weighted by atomic mass is 9.83. The monoisotopic (exact) mass is 310 g/mol. The van der Waals surface area contributed by atoms with E-state index in [0.717, 1.165) is 30.2 Å². The van der Waals surface area contributed by atoms with Gasteiger partial charge in [0.2, 0.25) is 0 Å². The molecule has 1 aromatic carbocycles. The van der Waals surface area contributed by atoms with Gasteiger partial charge >= 0.3 is 0 Å². The first-order chi connectivity index (χ1) is 10.9. The molecule has 23 heavy (non-hydrogen) atoms. The largest absolute Gasteiger partial charge is 0.363 e. The van der Waals surface area contributed by atoms with Gasteiger partial charge in [-0.2, -0.15) is 5.10 Å². The molecule has 0 spiro atoms. The minimum atomic E-state index is -0.0529. The van der Waals surface area contributed by atoms with E-state index in [1.54, 1.807) is 0 Å². The molecule has 0 bridgehead atoms. The first kappa shape index (κ1) is 14.4. The number of carbonyl (C=O) groups excluding carboxylic acids is 1. The number of carbonyl (C=O) groups is 1. The van der Waals surface area contributed by atoms with Crippen molar-refractivity contribution in [3.05, 3.63) is 41.0 Å². The Hall–Kier alpha value is -2.17. The zero-order chi connectivity index (χ0) is 16.2. The first-order valence-corrected chi connectivity index (χ1v) is 8.26. The highest BCUT2D eigenvalue weighted by atomic mass is 16.1. The van der Waals surface area contributed by atoms with Gasteiger partial charge in [-0.15, -0.1) is 0 Å². The lowest BCUT2D eigenvalue weighted by molar-refractivity contribution is 0.0968. The van der Waals surface area contributed by atoms with Gasteiger partial charge in [-0.05, 0) is 18.1 Å². The van der Waals surface area contributed by atoms with Crippen molar-refractivity contribution in [3.63, 3.8) is 0 Å². The average molecular weight is 310 g/mol. The van der Waals surface area contributed by atoms with Crippen LogP contribution in [0.4, 0.5) is 5.69 Å². The molecule has 2 heterocycles. The molecule has 120 valence electrons. The number of rotatable bonds is 2. The molecule has 0 amide bonds. The van der Waals surface area contributed by atoms with Crippen LogP contribution in [0, 0.1) is 0 Å². The molecule has 2 aliphatic rings. The van der Waals surface area contributed by atoms with Crippen molar-refractivity contribution in [3.8, 4) is 0 Å². The Bertz CT molecular complexity index is 772. The highest BCUT2D eigenvalue weighted by molar-refractivity contribution is 6.00. The van der Waals surface area contributed by atoms with Crippen LogP contribution in [-0.4, -0.2) is 27.5 Å². The number of anilines is 1. The molecule has 1 aliphatic heterocycles. The Morgan fingerprint density at radius 1 is 1.35 bits per heavy atom. The number of nitrogens with one attached hydrogen (secondary N) is 1. The van der Waals surface area contributed by atoms with Crippen LogP contribution in [0.25, 0.3) is 0 Å². The fourth-order valence-corrected chi connectivity index (χ4v) is 3.66. The standard InChI is InChI=1S/C18H22N4O/c1-18(2,3)17-19-15(20-21-17)10-22-9-11-7-8-14(23)12-5-4-6-13(22)16(11)12/h4-6,11H,7-10H2,1-3H3,(H,19,20,21). The van der Waals surface area contributed by atoms with Crippen LogP contribution in [0.15, 0.2) is 18.2 Å². The summed E-state index contributed by atoms with van der Waals surface area (Å²) in [6.45, 7) is 8.01. The number of aromatic amines is 1. The molecule has 5 nitrogen and oxygen atoms in total. The minimum absolute atomic E-state index is 0.0529. The quantitative estimate of drug-likeness (QED) is 0.925. The van der Waals surface area contributed by atoms with E-state index >= 15 is 0 Å². The smallest absolute Gasteiger partial charge is 0.163 e. The van der Waals surface area contributed by atoms with E-state index < -0.39 is 0 Å². The minimum Gasteiger partial charge on any atom is -0.363 e. The Labute approximate surface area is 136 Å². The summed E-state index contributed by atoms with van der Waals surface area (Å²) in [7, 11) is 0. The Morgan fingerprint density at radius 3 is 2.91 bits per heavy atom. The van der Waals surface area contributed by atoms with E-state index in [9.17, 15) is 4.79 Å². The molecule has 0 radical (unpaired) electrons. The van der Waals surface area contributed by atoms with Gasteiger partial charge in [-0.25, -0.2) is 4.98 Å². The maximum Gasteiger partial charge on any atom is 0.163 e. The average Bonchev–Trinajstić information content (AvgIpc) is 3.10. The van der Waals surface area contributed by atoms with Crippen molar-refractivity contribution < 1.29 is 4.79 Å². The molecular weight excluding hydrogens is 288 g/mol. The van der Waals surface area contributed by atoms with Gasteiger partial charge in [0.25, 0.3) is 0 Å². The topological polar surface area (TPSA) is 61.9 Å². The number of aromatic nitrogens is 3. The second kappa shape index (κ2) is 4.91. The second-order valence-electron chi connectivity index (χ2n) is 7.63. The molecule has 2 aromatic rings. The van der Waals surface area contributed by atoms with Crippen molar-refractivity contribution in [2.75, 3.05) is 11.4 Å². The summed E-state index contributed by atoms with van der Waals surface area (Å²) in [6, 6.07) is 6.09. The second-order valence-corrected chi connectivity index (χ2v) is 7.63. The zero-order valence-electron chi connectivity index (χ0n) is 13.9. The fourth-order valence-electron chi connectivity index (χ4n) is 3.66. The lowest BCUT2D eigenvalue weighted by Gasteiger charge is -2.18. The van der Waals surface area contributed by atoms with Crippen molar-refractivity contribution >= 4 is 11.5 Å². The number of Topliss-reactive ketones (excluding diaryl/α,β-unsaturated/α-hetero) is 1. The molecule has 1 atom stereocenters. The summed E-state index contributed by atoms with van der Waals surface area (Å²) in [5, 5.41) is 7.42. The summed E-state index contributed by atoms with van der Waals surface area (Å²) >= 11 is 0. The normalized spacial score (nSPS) is 20.0. The van der Waals surface area contributed by atoms with Crippen LogP contribution < -0.4 is 4.90 Å². The molecule has 5 heteroatoms. The van der Waals surface area contributed by atoms with E-state index in [0.29, 0.717) is 18.9 Å². The first-order valence-electron chi connectivity index (χ1n) is 8.26. The summed E-state index contributed by atoms with van der Waals surface area (Å²) in [5.41, 5.74) is 3.31. The highest BCUT2D eigenvalue weighted by Crippen LogP contribution is 2.44. The van der Waals surface area contributed by atoms with Crippen LogP contribution >= 0.6 is 0 Å². The number of ketones is 1. The predicted octanol–water partition coefficient (Wildman–Crippen LogP) is 3.18. The van der Waals surface area contributed by atoms with Crippen LogP contribution in [-0.2, 0) is 12.0 Å². The van der Waals surface area contributed by atoms with Gasteiger partial charge in [-0.3, -0.25) is 9.89 Å². The Morgan fingerprint density at radius 2 is 2.17 bits per heavy atom. The van der Waals surface area contributed by atoms with Crippen molar-refractivity contribution in [2.24, 2.45) is 0 Å². The predicted molar refractivity (Wildman–Crippen MR) is 88.9 cm³/mol. The van der Waals surface area contributed by atoms with Crippen LogP contribution in [0.1, 0.15) is 67.1 Å². The van der Waals surface area contributed by atoms with Gasteiger partial charge in [0.1, 0.15) is 5.82 Å². The maximum atomic E-state index is 12.1. The SMILES string of the molecule is CC(C)(C)c1n[nH]c(CN2CC3CCC(=O)c4cccc2c43)n1. The molecule has 0 saturated carbocycles. The molecule has 1 unspecified atom stereocenters. The third-order valence-electron chi connectivity index (χ3n) is 4.84. The van der Waals surface area contributed by atoms with Gasteiger partial charge in [-0.1, -0.05) is 32.9 Å². The molecule has 0 fully saturated rings. The molecule has 0 saturated heterocycles. The van der Waals surface area contributed by atoms with Crippen molar-refractivity contribution in [1.29, 1.82) is 0 Å². The molecule has 4 rings (SSSR count). The van der Waals surface area contributed by atoms with E-state index in [2.05, 4.69) is 46.9 Å².